The average molecular weight is 221 g/mol. The van der Waals surface area contributed by atoms with E-state index in [-0.39, 0.29) is 0 Å². The van der Waals surface area contributed by atoms with E-state index in [4.69, 9.17) is 4.74 Å². The van der Waals surface area contributed by atoms with Gasteiger partial charge in [0, 0.05) is 0 Å². The quantitative estimate of drug-likeness (QED) is 0.681. The van der Waals surface area contributed by atoms with E-state index >= 15 is 0 Å². The predicted octanol–water partition coefficient (Wildman–Crippen LogP) is 3.02. The van der Waals surface area contributed by atoms with Crippen molar-refractivity contribution < 1.29 is 4.74 Å². The van der Waals surface area contributed by atoms with Crippen LogP contribution in [0.15, 0.2) is 24.3 Å². The van der Waals surface area contributed by atoms with Crippen LogP contribution < -0.4 is 10.1 Å². The molecule has 0 heterocycles. The maximum absolute atomic E-state index is 5.13. The first-order chi connectivity index (χ1) is 7.86. The van der Waals surface area contributed by atoms with Crippen molar-refractivity contribution in [3.8, 4) is 5.75 Å². The number of methoxy groups -OCH3 is 1. The minimum absolute atomic E-state index is 0.941. The molecule has 0 unspecified atom stereocenters. The summed E-state index contributed by atoms with van der Waals surface area (Å²) >= 11 is 0. The van der Waals surface area contributed by atoms with E-state index in [0.717, 1.165) is 18.8 Å². The smallest absolute Gasteiger partial charge is 0.118 e. The minimum Gasteiger partial charge on any atom is -0.497 e. The van der Waals surface area contributed by atoms with Crippen molar-refractivity contribution in [1.82, 2.24) is 5.32 Å². The lowest BCUT2D eigenvalue weighted by molar-refractivity contribution is 0.414. The lowest BCUT2D eigenvalue weighted by Crippen LogP contribution is -2.13. The molecule has 90 valence electrons. The standard InChI is InChI=1S/C14H23NO/c1-3-15-12-6-4-5-7-13-8-10-14(16-2)11-9-13/h8-11,15H,3-7,12H2,1-2H3. The number of nitrogens with one attached hydrogen (secondary N) is 1. The Kier molecular flexibility index (Phi) is 6.66. The summed E-state index contributed by atoms with van der Waals surface area (Å²) in [4.78, 5) is 0. The third kappa shape index (κ3) is 5.17. The van der Waals surface area contributed by atoms with Crippen LogP contribution in [0.2, 0.25) is 0 Å². The van der Waals surface area contributed by atoms with Crippen LogP contribution in [0.5, 0.6) is 5.75 Å². The maximum atomic E-state index is 5.13. The summed E-state index contributed by atoms with van der Waals surface area (Å²) in [7, 11) is 1.70. The summed E-state index contributed by atoms with van der Waals surface area (Å²) in [5.74, 6) is 0.941. The van der Waals surface area contributed by atoms with Crippen LogP contribution in [-0.4, -0.2) is 20.2 Å². The summed E-state index contributed by atoms with van der Waals surface area (Å²) in [6, 6.07) is 8.38. The predicted molar refractivity (Wildman–Crippen MR) is 69.1 cm³/mol. The van der Waals surface area contributed by atoms with Gasteiger partial charge in [-0.15, -0.1) is 0 Å². The molecule has 0 aliphatic heterocycles. The normalized spacial score (nSPS) is 10.4. The summed E-state index contributed by atoms with van der Waals surface area (Å²) in [5.41, 5.74) is 1.41. The van der Waals surface area contributed by atoms with Crippen molar-refractivity contribution in [2.45, 2.75) is 32.6 Å². The van der Waals surface area contributed by atoms with Gasteiger partial charge in [0.15, 0.2) is 0 Å². The summed E-state index contributed by atoms with van der Waals surface area (Å²) < 4.78 is 5.13. The van der Waals surface area contributed by atoms with E-state index in [0.29, 0.717) is 0 Å². The molecular formula is C14H23NO. The average Bonchev–Trinajstić information content (AvgIpc) is 2.34. The van der Waals surface area contributed by atoms with E-state index in [2.05, 4.69) is 24.4 Å². The van der Waals surface area contributed by atoms with Crippen molar-refractivity contribution >= 4 is 0 Å². The van der Waals surface area contributed by atoms with Gasteiger partial charge in [-0.05, 0) is 50.0 Å². The van der Waals surface area contributed by atoms with Crippen LogP contribution in [0, 0.1) is 0 Å². The zero-order valence-electron chi connectivity index (χ0n) is 10.5. The molecule has 0 saturated heterocycles. The van der Waals surface area contributed by atoms with E-state index in [1.54, 1.807) is 7.11 Å². The number of hydrogen-bond donors (Lipinski definition) is 1. The van der Waals surface area contributed by atoms with Crippen LogP contribution in [-0.2, 0) is 6.42 Å². The Labute approximate surface area is 99.0 Å². The van der Waals surface area contributed by atoms with Gasteiger partial charge in [-0.25, -0.2) is 0 Å². The second-order valence-electron chi connectivity index (χ2n) is 4.01. The Bertz CT molecular complexity index is 269. The first-order valence-electron chi connectivity index (χ1n) is 6.20. The highest BCUT2D eigenvalue weighted by Crippen LogP contribution is 2.13. The molecular weight excluding hydrogens is 198 g/mol. The molecule has 0 amide bonds. The largest absolute Gasteiger partial charge is 0.497 e. The van der Waals surface area contributed by atoms with Crippen LogP contribution in [0.4, 0.5) is 0 Å². The molecule has 2 nitrogen and oxygen atoms in total. The maximum Gasteiger partial charge on any atom is 0.118 e. The third-order valence-corrected chi connectivity index (χ3v) is 2.73. The fraction of sp³-hybridized carbons (Fsp3) is 0.571. The molecule has 1 aromatic rings. The minimum atomic E-state index is 0.941. The number of benzene rings is 1. The van der Waals surface area contributed by atoms with Gasteiger partial charge in [0.1, 0.15) is 5.75 Å². The van der Waals surface area contributed by atoms with Crippen molar-refractivity contribution in [1.29, 1.82) is 0 Å². The van der Waals surface area contributed by atoms with Crippen LogP contribution >= 0.6 is 0 Å². The summed E-state index contributed by atoms with van der Waals surface area (Å²) in [5, 5.41) is 3.35. The Morgan fingerprint density at radius 1 is 1.06 bits per heavy atom. The molecule has 0 aromatic heterocycles. The van der Waals surface area contributed by atoms with Gasteiger partial charge in [-0.2, -0.15) is 0 Å². The van der Waals surface area contributed by atoms with Crippen LogP contribution in [0.25, 0.3) is 0 Å². The van der Waals surface area contributed by atoms with Gasteiger partial charge in [0.2, 0.25) is 0 Å². The third-order valence-electron chi connectivity index (χ3n) is 2.73. The van der Waals surface area contributed by atoms with Gasteiger partial charge in [-0.1, -0.05) is 25.5 Å². The number of unbranched alkanes of at least 4 members (excludes halogenated alkanes) is 2. The Morgan fingerprint density at radius 3 is 2.44 bits per heavy atom. The number of rotatable bonds is 8. The first-order valence-corrected chi connectivity index (χ1v) is 6.20. The van der Waals surface area contributed by atoms with Crippen molar-refractivity contribution in [2.24, 2.45) is 0 Å². The molecule has 1 aromatic carbocycles. The zero-order chi connectivity index (χ0) is 11.6. The summed E-state index contributed by atoms with van der Waals surface area (Å²) in [6.07, 6.45) is 5.04. The molecule has 0 bridgehead atoms. The second-order valence-corrected chi connectivity index (χ2v) is 4.01. The molecule has 0 spiro atoms. The van der Waals surface area contributed by atoms with E-state index in [1.165, 1.54) is 31.2 Å². The van der Waals surface area contributed by atoms with Crippen LogP contribution in [0.1, 0.15) is 31.7 Å². The van der Waals surface area contributed by atoms with E-state index in [1.807, 2.05) is 12.1 Å². The van der Waals surface area contributed by atoms with Crippen LogP contribution in [0.3, 0.4) is 0 Å². The lowest BCUT2D eigenvalue weighted by Gasteiger charge is -2.04. The Balaban J connectivity index is 2.12. The molecule has 0 aliphatic rings. The van der Waals surface area contributed by atoms with Gasteiger partial charge in [0.25, 0.3) is 0 Å². The molecule has 2 heteroatoms. The van der Waals surface area contributed by atoms with Gasteiger partial charge < -0.3 is 10.1 Å². The lowest BCUT2D eigenvalue weighted by atomic mass is 10.1. The molecule has 0 fully saturated rings. The number of aryl methyl sites for hydroxylation is 1. The van der Waals surface area contributed by atoms with Gasteiger partial charge in [0.05, 0.1) is 7.11 Å². The van der Waals surface area contributed by atoms with Gasteiger partial charge >= 0.3 is 0 Å². The SMILES string of the molecule is CCNCCCCCc1ccc(OC)cc1. The van der Waals surface area contributed by atoms with E-state index < -0.39 is 0 Å². The van der Waals surface area contributed by atoms with E-state index in [9.17, 15) is 0 Å². The highest BCUT2D eigenvalue weighted by atomic mass is 16.5. The Morgan fingerprint density at radius 2 is 1.81 bits per heavy atom. The second kappa shape index (κ2) is 8.17. The van der Waals surface area contributed by atoms with Gasteiger partial charge in [-0.3, -0.25) is 0 Å². The molecule has 0 atom stereocenters. The zero-order valence-corrected chi connectivity index (χ0v) is 10.5. The topological polar surface area (TPSA) is 21.3 Å². The van der Waals surface area contributed by atoms with Crippen molar-refractivity contribution in [3.05, 3.63) is 29.8 Å². The monoisotopic (exact) mass is 221 g/mol. The Hall–Kier alpha value is -1.02. The highest BCUT2D eigenvalue weighted by molar-refractivity contribution is 5.27. The molecule has 16 heavy (non-hydrogen) atoms. The van der Waals surface area contributed by atoms with Crippen molar-refractivity contribution in [2.75, 3.05) is 20.2 Å². The fourth-order valence-corrected chi connectivity index (χ4v) is 1.72. The molecule has 0 radical (unpaired) electrons. The first kappa shape index (κ1) is 13.0. The highest BCUT2D eigenvalue weighted by Gasteiger charge is 1.95. The molecule has 1 N–H and O–H groups in total. The van der Waals surface area contributed by atoms with Crippen molar-refractivity contribution in [3.63, 3.8) is 0 Å². The molecule has 0 aliphatic carbocycles. The molecule has 0 saturated carbocycles. The fourth-order valence-electron chi connectivity index (χ4n) is 1.72. The molecule has 1 rings (SSSR count). The number of hydrogen-bond acceptors (Lipinski definition) is 2. The summed E-state index contributed by atoms with van der Waals surface area (Å²) in [6.45, 7) is 4.38. The number of ether oxygens (including phenoxy) is 1.